The highest BCUT2D eigenvalue weighted by molar-refractivity contribution is 7.91. The lowest BCUT2D eigenvalue weighted by Gasteiger charge is -2.35. The maximum Gasteiger partial charge on any atom is 0.252 e. The van der Waals surface area contributed by atoms with E-state index < -0.39 is 10.0 Å². The molecule has 1 fully saturated rings. The van der Waals surface area contributed by atoms with Crippen LogP contribution in [0.1, 0.15) is 10.4 Å². The van der Waals surface area contributed by atoms with Gasteiger partial charge in [-0.3, -0.25) is 4.79 Å². The summed E-state index contributed by atoms with van der Waals surface area (Å²) in [5.74, 6) is -0.117. The zero-order valence-corrected chi connectivity index (χ0v) is 14.9. The quantitative estimate of drug-likeness (QED) is 0.894. The first-order valence-corrected chi connectivity index (χ1v) is 9.95. The Hall–Kier alpha value is -1.90. The number of sulfonamides is 1. The van der Waals surface area contributed by atoms with Crippen molar-refractivity contribution in [2.45, 2.75) is 4.21 Å². The van der Waals surface area contributed by atoms with E-state index in [1.807, 2.05) is 12.1 Å². The summed E-state index contributed by atoms with van der Waals surface area (Å²) >= 11 is 1.25. The summed E-state index contributed by atoms with van der Waals surface area (Å²) < 4.78 is 27.0. The van der Waals surface area contributed by atoms with Crippen LogP contribution in [0.4, 0.5) is 5.69 Å². The number of nitrogens with zero attached hydrogens (tertiary/aromatic N) is 2. The number of hydrogen-bond acceptors (Lipinski definition) is 5. The smallest absolute Gasteiger partial charge is 0.252 e. The van der Waals surface area contributed by atoms with E-state index in [1.54, 1.807) is 36.7 Å². The van der Waals surface area contributed by atoms with Crippen molar-refractivity contribution < 1.29 is 13.2 Å². The van der Waals surface area contributed by atoms with Crippen LogP contribution in [-0.2, 0) is 10.0 Å². The molecule has 1 amide bonds. The number of thiophene rings is 1. The molecule has 1 aromatic carbocycles. The summed E-state index contributed by atoms with van der Waals surface area (Å²) in [6, 6.07) is 10.7. The highest BCUT2D eigenvalue weighted by Crippen LogP contribution is 2.24. The molecule has 1 aliphatic heterocycles. The maximum absolute atomic E-state index is 12.5. The van der Waals surface area contributed by atoms with Crippen LogP contribution in [0.5, 0.6) is 0 Å². The third-order valence-electron chi connectivity index (χ3n) is 4.05. The van der Waals surface area contributed by atoms with Crippen LogP contribution in [0.2, 0.25) is 0 Å². The van der Waals surface area contributed by atoms with Crippen LogP contribution < -0.4 is 10.2 Å². The van der Waals surface area contributed by atoms with Crippen molar-refractivity contribution in [2.75, 3.05) is 38.1 Å². The van der Waals surface area contributed by atoms with Gasteiger partial charge < -0.3 is 10.2 Å². The number of rotatable bonds is 4. The lowest BCUT2D eigenvalue weighted by atomic mass is 10.1. The Morgan fingerprint density at radius 1 is 1.08 bits per heavy atom. The Morgan fingerprint density at radius 2 is 1.75 bits per heavy atom. The van der Waals surface area contributed by atoms with Crippen molar-refractivity contribution >= 4 is 33.0 Å². The van der Waals surface area contributed by atoms with Gasteiger partial charge in [0.15, 0.2) is 0 Å². The second kappa shape index (κ2) is 6.92. The first kappa shape index (κ1) is 16.9. The zero-order chi connectivity index (χ0) is 17.2. The van der Waals surface area contributed by atoms with E-state index in [0.717, 1.165) is 5.69 Å². The summed E-state index contributed by atoms with van der Waals surface area (Å²) in [6.45, 7) is 2.17. The minimum absolute atomic E-state index is 0.117. The average Bonchev–Trinajstić information content (AvgIpc) is 3.17. The fraction of sp³-hybridized carbons (Fsp3) is 0.312. The van der Waals surface area contributed by atoms with E-state index in [0.29, 0.717) is 36.0 Å². The summed E-state index contributed by atoms with van der Waals surface area (Å²) in [7, 11) is -1.77. The maximum atomic E-state index is 12.5. The van der Waals surface area contributed by atoms with Crippen LogP contribution >= 0.6 is 11.3 Å². The summed E-state index contributed by atoms with van der Waals surface area (Å²) in [4.78, 5) is 13.7. The van der Waals surface area contributed by atoms with Crippen molar-refractivity contribution in [3.8, 4) is 0 Å². The molecule has 1 N–H and O–H groups in total. The van der Waals surface area contributed by atoms with Crippen molar-refractivity contribution in [3.63, 3.8) is 0 Å². The lowest BCUT2D eigenvalue weighted by Crippen LogP contribution is -2.48. The van der Waals surface area contributed by atoms with Crippen molar-refractivity contribution in [2.24, 2.45) is 0 Å². The van der Waals surface area contributed by atoms with Gasteiger partial charge in [-0.05, 0) is 35.7 Å². The predicted octanol–water partition coefficient (Wildman–Crippen LogP) is 1.62. The molecule has 6 nitrogen and oxygen atoms in total. The highest BCUT2D eigenvalue weighted by atomic mass is 32.2. The van der Waals surface area contributed by atoms with Crippen LogP contribution in [0.25, 0.3) is 0 Å². The number of carbonyl (C=O) groups is 1. The number of nitrogens with one attached hydrogen (secondary N) is 1. The summed E-state index contributed by atoms with van der Waals surface area (Å²) in [6.07, 6.45) is 0. The Kier molecular flexibility index (Phi) is 4.88. The monoisotopic (exact) mass is 365 g/mol. The largest absolute Gasteiger partial charge is 0.369 e. The molecule has 8 heteroatoms. The van der Waals surface area contributed by atoms with E-state index in [2.05, 4.69) is 10.2 Å². The minimum atomic E-state index is -3.37. The topological polar surface area (TPSA) is 69.7 Å². The third kappa shape index (κ3) is 3.31. The lowest BCUT2D eigenvalue weighted by molar-refractivity contribution is 0.0963. The molecule has 0 atom stereocenters. The van der Waals surface area contributed by atoms with Gasteiger partial charge in [0.1, 0.15) is 4.21 Å². The molecular weight excluding hydrogens is 346 g/mol. The van der Waals surface area contributed by atoms with Gasteiger partial charge in [-0.1, -0.05) is 6.07 Å². The van der Waals surface area contributed by atoms with E-state index in [9.17, 15) is 13.2 Å². The molecule has 2 aromatic rings. The van der Waals surface area contributed by atoms with Gasteiger partial charge in [0.05, 0.1) is 0 Å². The Balaban J connectivity index is 1.66. The summed E-state index contributed by atoms with van der Waals surface area (Å²) in [5.41, 5.74) is 1.61. The van der Waals surface area contributed by atoms with Gasteiger partial charge in [-0.2, -0.15) is 4.31 Å². The van der Waals surface area contributed by atoms with Gasteiger partial charge in [0.2, 0.25) is 0 Å². The fourth-order valence-electron chi connectivity index (χ4n) is 2.69. The molecular formula is C16H19N3O3S2. The Morgan fingerprint density at radius 3 is 2.29 bits per heavy atom. The van der Waals surface area contributed by atoms with E-state index >= 15 is 0 Å². The van der Waals surface area contributed by atoms with Crippen molar-refractivity contribution in [1.29, 1.82) is 0 Å². The Labute approximate surface area is 145 Å². The van der Waals surface area contributed by atoms with E-state index in [1.165, 1.54) is 15.6 Å². The second-order valence-corrected chi connectivity index (χ2v) is 8.56. The van der Waals surface area contributed by atoms with Crippen LogP contribution in [0.15, 0.2) is 46.0 Å². The molecule has 2 heterocycles. The average molecular weight is 365 g/mol. The first-order chi connectivity index (χ1) is 11.5. The number of carbonyl (C=O) groups excluding carboxylic acids is 1. The van der Waals surface area contributed by atoms with Crippen LogP contribution in [0, 0.1) is 0 Å². The zero-order valence-electron chi connectivity index (χ0n) is 13.3. The van der Waals surface area contributed by atoms with Gasteiger partial charge in [0, 0.05) is 44.5 Å². The van der Waals surface area contributed by atoms with Crippen LogP contribution in [0.3, 0.4) is 0 Å². The van der Waals surface area contributed by atoms with Crippen LogP contribution in [-0.4, -0.2) is 51.9 Å². The van der Waals surface area contributed by atoms with E-state index in [4.69, 9.17) is 0 Å². The van der Waals surface area contributed by atoms with Gasteiger partial charge >= 0.3 is 0 Å². The molecule has 0 saturated carbocycles. The Bertz CT molecular complexity index is 794. The number of anilines is 1. The molecule has 1 aliphatic rings. The molecule has 24 heavy (non-hydrogen) atoms. The number of piperazine rings is 1. The van der Waals surface area contributed by atoms with E-state index in [-0.39, 0.29) is 5.91 Å². The molecule has 128 valence electrons. The van der Waals surface area contributed by atoms with Gasteiger partial charge in [-0.15, -0.1) is 11.3 Å². The number of hydrogen-bond donors (Lipinski definition) is 1. The highest BCUT2D eigenvalue weighted by Gasteiger charge is 2.29. The molecule has 1 saturated heterocycles. The summed E-state index contributed by atoms with van der Waals surface area (Å²) in [5, 5.41) is 4.37. The minimum Gasteiger partial charge on any atom is -0.369 e. The normalized spacial score (nSPS) is 16.1. The number of amides is 1. The van der Waals surface area contributed by atoms with Crippen molar-refractivity contribution in [1.82, 2.24) is 9.62 Å². The second-order valence-electron chi connectivity index (χ2n) is 5.45. The molecule has 0 radical (unpaired) electrons. The SMILES string of the molecule is CNC(=O)c1ccc(N2CCN(S(=O)(=O)c3cccs3)CC2)cc1. The van der Waals surface area contributed by atoms with Gasteiger partial charge in [0.25, 0.3) is 15.9 Å². The van der Waals surface area contributed by atoms with Gasteiger partial charge in [-0.25, -0.2) is 8.42 Å². The van der Waals surface area contributed by atoms with Crippen molar-refractivity contribution in [3.05, 3.63) is 47.3 Å². The number of benzene rings is 1. The molecule has 3 rings (SSSR count). The fourth-order valence-corrected chi connectivity index (χ4v) is 5.26. The molecule has 0 aliphatic carbocycles. The molecule has 0 spiro atoms. The third-order valence-corrected chi connectivity index (χ3v) is 7.32. The first-order valence-electron chi connectivity index (χ1n) is 7.63. The predicted molar refractivity (Wildman–Crippen MR) is 95.1 cm³/mol. The molecule has 0 bridgehead atoms. The molecule has 1 aromatic heterocycles. The molecule has 0 unspecified atom stereocenters. The standard InChI is InChI=1S/C16H19N3O3S2/c1-17-16(20)13-4-6-14(7-5-13)18-8-10-19(11-9-18)24(21,22)15-3-2-12-23-15/h2-7,12H,8-11H2,1H3,(H,17,20).